The second-order valence-electron chi connectivity index (χ2n) is 5.48. The number of nitrogens with one attached hydrogen (secondary N) is 1. The van der Waals surface area contributed by atoms with Crippen molar-refractivity contribution in [1.29, 1.82) is 5.26 Å². The van der Waals surface area contributed by atoms with E-state index in [2.05, 4.69) is 16.0 Å². The highest BCUT2D eigenvalue weighted by Gasteiger charge is 2.14. The molecule has 2 heterocycles. The van der Waals surface area contributed by atoms with Crippen LogP contribution in [0.25, 0.3) is 21.5 Å². The number of hydrogen-bond acceptors (Lipinski definition) is 5. The van der Waals surface area contributed by atoms with Crippen LogP contribution < -0.4 is 0 Å². The number of thiazole rings is 1. The minimum Gasteiger partial charge on any atom is -0.481 e. The molecule has 0 saturated carbocycles. The number of nitriles is 1. The molecule has 0 saturated heterocycles. The topological polar surface area (TPSA) is 127 Å². The highest BCUT2D eigenvalue weighted by molar-refractivity contribution is 7.16. The van der Waals surface area contributed by atoms with E-state index in [4.69, 9.17) is 10.2 Å². The molecular weight excluding hydrogens is 342 g/mol. The molecule has 0 radical (unpaired) electrons. The summed E-state index contributed by atoms with van der Waals surface area (Å²) >= 11 is 1.05. The van der Waals surface area contributed by atoms with Crippen molar-refractivity contribution >= 4 is 34.2 Å². The summed E-state index contributed by atoms with van der Waals surface area (Å²) in [5.74, 6) is -1.87. The predicted octanol–water partition coefficient (Wildman–Crippen LogP) is 3.27. The summed E-state index contributed by atoms with van der Waals surface area (Å²) < 4.78 is 0. The fourth-order valence-corrected chi connectivity index (χ4v) is 3.33. The molecule has 0 fully saturated rings. The monoisotopic (exact) mass is 355 g/mol. The number of benzene rings is 1. The smallest absolute Gasteiger partial charge is 0.347 e. The number of carboxylic acids is 2. The van der Waals surface area contributed by atoms with E-state index in [0.29, 0.717) is 34.5 Å². The molecule has 1 aromatic carbocycles. The van der Waals surface area contributed by atoms with Crippen molar-refractivity contribution in [3.8, 4) is 16.6 Å². The molecule has 3 N–H and O–H groups in total. The number of rotatable bonds is 6. The molecule has 0 amide bonds. The lowest BCUT2D eigenvalue weighted by molar-refractivity contribution is -0.137. The number of carboxylic acid groups (broad SMARTS) is 2. The summed E-state index contributed by atoms with van der Waals surface area (Å²) in [7, 11) is 0. The van der Waals surface area contributed by atoms with Gasteiger partial charge >= 0.3 is 11.9 Å². The van der Waals surface area contributed by atoms with Gasteiger partial charge in [-0.3, -0.25) is 4.79 Å². The van der Waals surface area contributed by atoms with Gasteiger partial charge in [0.1, 0.15) is 16.0 Å². The van der Waals surface area contributed by atoms with Gasteiger partial charge in [0.05, 0.1) is 17.3 Å². The summed E-state index contributed by atoms with van der Waals surface area (Å²) in [6.45, 7) is 0. The molecule has 25 heavy (non-hydrogen) atoms. The van der Waals surface area contributed by atoms with Gasteiger partial charge in [-0.2, -0.15) is 5.26 Å². The van der Waals surface area contributed by atoms with Crippen molar-refractivity contribution in [3.63, 3.8) is 0 Å². The third-order valence-corrected chi connectivity index (χ3v) is 4.74. The maximum Gasteiger partial charge on any atom is 0.347 e. The first-order chi connectivity index (χ1) is 12.0. The van der Waals surface area contributed by atoms with Crippen LogP contribution in [0.1, 0.15) is 33.8 Å². The van der Waals surface area contributed by atoms with Gasteiger partial charge in [-0.25, -0.2) is 9.78 Å². The average Bonchev–Trinajstić information content (AvgIpc) is 3.20. The molecule has 0 unspecified atom stereocenters. The van der Waals surface area contributed by atoms with Crippen molar-refractivity contribution in [2.75, 3.05) is 0 Å². The second kappa shape index (κ2) is 6.75. The molecule has 0 atom stereocenters. The fraction of sp³-hybridized carbons (Fsp3) is 0.176. The van der Waals surface area contributed by atoms with Gasteiger partial charge in [0, 0.05) is 23.1 Å². The molecule has 2 aromatic heterocycles. The number of carbonyl (C=O) groups is 2. The van der Waals surface area contributed by atoms with Crippen molar-refractivity contribution < 1.29 is 19.8 Å². The summed E-state index contributed by atoms with van der Waals surface area (Å²) in [5.41, 5.74) is 2.66. The van der Waals surface area contributed by atoms with Crippen LogP contribution in [0.5, 0.6) is 0 Å². The minimum atomic E-state index is -1.03. The normalized spacial score (nSPS) is 10.7. The quantitative estimate of drug-likeness (QED) is 0.623. The van der Waals surface area contributed by atoms with Crippen LogP contribution in [0, 0.1) is 11.3 Å². The SMILES string of the molecule is N#Cc1cc(-c2ncc(C(=O)O)s2)cc2cc(CCCC(=O)O)[nH]c12. The maximum absolute atomic E-state index is 11.0. The lowest BCUT2D eigenvalue weighted by Gasteiger charge is -1.99. The molecule has 3 rings (SSSR count). The van der Waals surface area contributed by atoms with Crippen LogP contribution in [0.4, 0.5) is 0 Å². The summed E-state index contributed by atoms with van der Waals surface area (Å²) in [5, 5.41) is 28.5. The standard InChI is InChI=1S/C17H13N3O4S/c18-7-11-5-10(16-19-8-13(25-16)17(23)24)4-9-6-12(20-15(9)11)2-1-3-14(21)22/h4-6,8,20H,1-3H2,(H,21,22)(H,23,24). The van der Waals surface area contributed by atoms with Gasteiger partial charge in [-0.1, -0.05) is 0 Å². The van der Waals surface area contributed by atoms with Gasteiger partial charge < -0.3 is 15.2 Å². The van der Waals surface area contributed by atoms with Crippen molar-refractivity contribution in [3.05, 3.63) is 40.5 Å². The number of nitrogens with zero attached hydrogens (tertiary/aromatic N) is 2. The van der Waals surface area contributed by atoms with Crippen LogP contribution in [-0.2, 0) is 11.2 Å². The molecule has 126 valence electrons. The van der Waals surface area contributed by atoms with Crippen LogP contribution >= 0.6 is 11.3 Å². The average molecular weight is 355 g/mol. The highest BCUT2D eigenvalue weighted by Crippen LogP contribution is 2.31. The molecule has 3 aromatic rings. The highest BCUT2D eigenvalue weighted by atomic mass is 32.1. The Morgan fingerprint density at radius 1 is 1.28 bits per heavy atom. The van der Waals surface area contributed by atoms with E-state index in [9.17, 15) is 14.9 Å². The molecular formula is C17H13N3O4S. The summed E-state index contributed by atoms with van der Waals surface area (Å²) in [6.07, 6.45) is 2.46. The Balaban J connectivity index is 1.97. The summed E-state index contributed by atoms with van der Waals surface area (Å²) in [6, 6.07) is 7.53. The Kier molecular flexibility index (Phi) is 4.50. The van der Waals surface area contributed by atoms with E-state index in [1.807, 2.05) is 12.1 Å². The van der Waals surface area contributed by atoms with E-state index in [1.54, 1.807) is 6.07 Å². The number of aromatic nitrogens is 2. The van der Waals surface area contributed by atoms with Gasteiger partial charge in [0.15, 0.2) is 0 Å². The third-order valence-electron chi connectivity index (χ3n) is 3.70. The first kappa shape index (κ1) is 16.7. The molecule has 0 bridgehead atoms. The fourth-order valence-electron chi connectivity index (χ4n) is 2.59. The lowest BCUT2D eigenvalue weighted by atomic mass is 10.1. The molecule has 0 aliphatic carbocycles. The number of H-pyrrole nitrogens is 1. The minimum absolute atomic E-state index is 0.0861. The Labute approximate surface area is 146 Å². The number of hydrogen-bond donors (Lipinski definition) is 3. The summed E-state index contributed by atoms with van der Waals surface area (Å²) in [4.78, 5) is 29.0. The molecule has 0 spiro atoms. The Morgan fingerprint density at radius 2 is 2.08 bits per heavy atom. The van der Waals surface area contributed by atoms with Gasteiger partial charge in [-0.05, 0) is 31.0 Å². The predicted molar refractivity (Wildman–Crippen MR) is 91.7 cm³/mol. The van der Waals surface area contributed by atoms with Crippen molar-refractivity contribution in [1.82, 2.24) is 9.97 Å². The molecule has 0 aliphatic rings. The number of aromatic amines is 1. The number of fused-ring (bicyclic) bond motifs is 1. The van der Waals surface area contributed by atoms with E-state index in [1.165, 1.54) is 6.20 Å². The number of aromatic carboxylic acids is 1. The van der Waals surface area contributed by atoms with Gasteiger partial charge in [-0.15, -0.1) is 11.3 Å². The van der Waals surface area contributed by atoms with Crippen LogP contribution in [0.15, 0.2) is 24.4 Å². The Morgan fingerprint density at radius 3 is 2.72 bits per heavy atom. The van der Waals surface area contributed by atoms with E-state index in [0.717, 1.165) is 22.4 Å². The number of aryl methyl sites for hydroxylation is 1. The number of aliphatic carboxylic acids is 1. The molecule has 0 aliphatic heterocycles. The van der Waals surface area contributed by atoms with E-state index in [-0.39, 0.29) is 11.3 Å². The second-order valence-corrected chi connectivity index (χ2v) is 6.51. The zero-order chi connectivity index (χ0) is 18.0. The van der Waals surface area contributed by atoms with E-state index >= 15 is 0 Å². The lowest BCUT2D eigenvalue weighted by Crippen LogP contribution is -1.95. The van der Waals surface area contributed by atoms with Crippen LogP contribution in [0.3, 0.4) is 0 Å². The Hall–Kier alpha value is -3.18. The van der Waals surface area contributed by atoms with Crippen LogP contribution in [0.2, 0.25) is 0 Å². The third kappa shape index (κ3) is 3.51. The van der Waals surface area contributed by atoms with E-state index < -0.39 is 11.9 Å². The van der Waals surface area contributed by atoms with Gasteiger partial charge in [0.2, 0.25) is 0 Å². The first-order valence-electron chi connectivity index (χ1n) is 7.45. The zero-order valence-electron chi connectivity index (χ0n) is 12.9. The van der Waals surface area contributed by atoms with Crippen LogP contribution in [-0.4, -0.2) is 32.1 Å². The maximum atomic E-state index is 11.0. The molecule has 8 heteroatoms. The zero-order valence-corrected chi connectivity index (χ0v) is 13.8. The Bertz CT molecular complexity index is 1010. The van der Waals surface area contributed by atoms with Crippen molar-refractivity contribution in [2.24, 2.45) is 0 Å². The first-order valence-corrected chi connectivity index (χ1v) is 8.26. The van der Waals surface area contributed by atoms with Gasteiger partial charge in [0.25, 0.3) is 0 Å². The molecule has 7 nitrogen and oxygen atoms in total. The van der Waals surface area contributed by atoms with Crippen molar-refractivity contribution in [2.45, 2.75) is 19.3 Å². The largest absolute Gasteiger partial charge is 0.481 e.